The molecule has 0 saturated heterocycles. The predicted octanol–water partition coefficient (Wildman–Crippen LogP) is 3.57. The van der Waals surface area contributed by atoms with E-state index in [2.05, 4.69) is 17.1 Å². The van der Waals surface area contributed by atoms with Gasteiger partial charge < -0.3 is 0 Å². The highest BCUT2D eigenvalue weighted by Gasteiger charge is 2.06. The fourth-order valence-corrected chi connectivity index (χ4v) is 2.00. The molecule has 83 valence electrons. The van der Waals surface area contributed by atoms with Crippen molar-refractivity contribution in [1.82, 2.24) is 4.98 Å². The fourth-order valence-electron chi connectivity index (χ4n) is 2.00. The third-order valence-corrected chi connectivity index (χ3v) is 2.89. The molecule has 0 aliphatic carbocycles. The Hall–Kier alpha value is -2.66. The van der Waals surface area contributed by atoms with Crippen LogP contribution in [0.4, 0.5) is 0 Å². The Labute approximate surface area is 105 Å². The Bertz CT molecular complexity index is 754. The second-order valence-electron chi connectivity index (χ2n) is 4.00. The van der Waals surface area contributed by atoms with Crippen molar-refractivity contribution in [2.75, 3.05) is 0 Å². The van der Waals surface area contributed by atoms with Gasteiger partial charge in [0.1, 0.15) is 6.07 Å². The molecule has 0 atom stereocenters. The summed E-state index contributed by atoms with van der Waals surface area (Å²) in [6.07, 6.45) is 1.71. The summed E-state index contributed by atoms with van der Waals surface area (Å²) in [4.78, 5) is 4.30. The zero-order chi connectivity index (χ0) is 12.4. The Morgan fingerprint density at radius 2 is 2.06 bits per heavy atom. The molecule has 0 aliphatic heterocycles. The summed E-state index contributed by atoms with van der Waals surface area (Å²) < 4.78 is 0. The van der Waals surface area contributed by atoms with Crippen LogP contribution < -0.4 is 0 Å². The van der Waals surface area contributed by atoms with Gasteiger partial charge in [-0.05, 0) is 41.1 Å². The van der Waals surface area contributed by atoms with Gasteiger partial charge >= 0.3 is 0 Å². The van der Waals surface area contributed by atoms with Gasteiger partial charge in [-0.1, -0.05) is 24.3 Å². The lowest BCUT2D eigenvalue weighted by Crippen LogP contribution is -1.88. The van der Waals surface area contributed by atoms with Gasteiger partial charge in [-0.2, -0.15) is 5.26 Å². The number of nitrogens with zero attached hydrogens (tertiary/aromatic N) is 2. The molecule has 1 aromatic heterocycles. The van der Waals surface area contributed by atoms with Crippen molar-refractivity contribution in [3.8, 4) is 17.3 Å². The Kier molecular flexibility index (Phi) is 2.51. The van der Waals surface area contributed by atoms with Crippen LogP contribution in [0.15, 0.2) is 54.7 Å². The third kappa shape index (κ3) is 1.72. The van der Waals surface area contributed by atoms with Crippen molar-refractivity contribution in [2.45, 2.75) is 0 Å². The topological polar surface area (TPSA) is 36.7 Å². The highest BCUT2D eigenvalue weighted by molar-refractivity contribution is 5.87. The normalized spacial score (nSPS) is 10.2. The molecule has 0 amide bonds. The predicted molar refractivity (Wildman–Crippen MR) is 70.7 cm³/mol. The van der Waals surface area contributed by atoms with E-state index in [1.54, 1.807) is 18.3 Å². The van der Waals surface area contributed by atoms with Gasteiger partial charge in [0.25, 0.3) is 0 Å². The van der Waals surface area contributed by atoms with Crippen LogP contribution in [0.5, 0.6) is 0 Å². The van der Waals surface area contributed by atoms with Gasteiger partial charge in [0.15, 0.2) is 0 Å². The van der Waals surface area contributed by atoms with Crippen LogP contribution in [0.2, 0.25) is 0 Å². The molecule has 0 fully saturated rings. The first-order valence-corrected chi connectivity index (χ1v) is 5.64. The summed E-state index contributed by atoms with van der Waals surface area (Å²) in [6.45, 7) is 0. The third-order valence-electron chi connectivity index (χ3n) is 2.89. The fraction of sp³-hybridized carbons (Fsp3) is 0. The number of hydrogen-bond donors (Lipinski definition) is 0. The lowest BCUT2D eigenvalue weighted by Gasteiger charge is -2.04. The van der Waals surface area contributed by atoms with Crippen molar-refractivity contribution in [3.05, 3.63) is 66.4 Å². The largest absolute Gasteiger partial charge is 0.255 e. The van der Waals surface area contributed by atoms with Crippen LogP contribution in [-0.4, -0.2) is 4.98 Å². The minimum Gasteiger partial charge on any atom is -0.255 e. The lowest BCUT2D eigenvalue weighted by molar-refractivity contribution is 1.30. The summed E-state index contributed by atoms with van der Waals surface area (Å²) >= 11 is 0. The van der Waals surface area contributed by atoms with Crippen LogP contribution in [0.3, 0.4) is 0 Å². The SMILES string of the molecule is N#Cc1cccnc1-c1ccc2c[c]ccc2c1. The first-order valence-electron chi connectivity index (χ1n) is 5.64. The molecule has 1 heterocycles. The molecule has 18 heavy (non-hydrogen) atoms. The molecule has 2 aromatic carbocycles. The maximum Gasteiger partial charge on any atom is 0.101 e. The van der Waals surface area contributed by atoms with Gasteiger partial charge in [-0.25, -0.2) is 0 Å². The number of benzene rings is 2. The minimum absolute atomic E-state index is 0.597. The van der Waals surface area contributed by atoms with E-state index in [9.17, 15) is 0 Å². The van der Waals surface area contributed by atoms with Crippen molar-refractivity contribution in [2.24, 2.45) is 0 Å². The molecule has 0 N–H and O–H groups in total. The summed E-state index contributed by atoms with van der Waals surface area (Å²) in [5, 5.41) is 11.4. The molecule has 0 spiro atoms. The molecule has 0 unspecified atom stereocenters. The number of fused-ring (bicyclic) bond motifs is 1. The van der Waals surface area contributed by atoms with E-state index in [0.29, 0.717) is 5.56 Å². The van der Waals surface area contributed by atoms with Crippen molar-refractivity contribution >= 4 is 10.8 Å². The standard InChI is InChI=1S/C16H9N2/c17-11-15-6-3-9-18-16(15)14-8-7-12-4-1-2-5-13(12)10-14/h2-10H. The number of hydrogen-bond acceptors (Lipinski definition) is 2. The number of rotatable bonds is 1. The van der Waals surface area contributed by atoms with Crippen LogP contribution in [0.25, 0.3) is 22.0 Å². The molecule has 3 aromatic rings. The van der Waals surface area contributed by atoms with Crippen LogP contribution >= 0.6 is 0 Å². The monoisotopic (exact) mass is 229 g/mol. The smallest absolute Gasteiger partial charge is 0.101 e. The van der Waals surface area contributed by atoms with E-state index in [-0.39, 0.29) is 0 Å². The van der Waals surface area contributed by atoms with E-state index in [4.69, 9.17) is 5.26 Å². The molecule has 3 rings (SSSR count). The van der Waals surface area contributed by atoms with E-state index < -0.39 is 0 Å². The Morgan fingerprint density at radius 3 is 2.94 bits per heavy atom. The second-order valence-corrected chi connectivity index (χ2v) is 4.00. The van der Waals surface area contributed by atoms with E-state index in [1.165, 1.54) is 0 Å². The maximum absolute atomic E-state index is 9.10. The molecular formula is C16H9N2. The summed E-state index contributed by atoms with van der Waals surface area (Å²) in [6, 6.07) is 20.7. The number of aromatic nitrogens is 1. The summed E-state index contributed by atoms with van der Waals surface area (Å²) in [5.41, 5.74) is 2.29. The number of pyridine rings is 1. The van der Waals surface area contributed by atoms with E-state index in [1.807, 2.05) is 36.4 Å². The Morgan fingerprint density at radius 1 is 1.11 bits per heavy atom. The van der Waals surface area contributed by atoms with Gasteiger partial charge in [-0.3, -0.25) is 4.98 Å². The van der Waals surface area contributed by atoms with Crippen molar-refractivity contribution in [3.63, 3.8) is 0 Å². The van der Waals surface area contributed by atoms with Gasteiger partial charge in [0, 0.05) is 11.8 Å². The second kappa shape index (κ2) is 4.31. The molecule has 1 radical (unpaired) electrons. The average Bonchev–Trinajstić information content (AvgIpc) is 2.46. The molecule has 2 heteroatoms. The first kappa shape index (κ1) is 10.5. The first-order chi connectivity index (χ1) is 8.88. The van der Waals surface area contributed by atoms with Crippen molar-refractivity contribution < 1.29 is 0 Å². The summed E-state index contributed by atoms with van der Waals surface area (Å²) in [7, 11) is 0. The molecule has 0 aliphatic rings. The highest BCUT2D eigenvalue weighted by Crippen LogP contribution is 2.24. The van der Waals surface area contributed by atoms with E-state index in [0.717, 1.165) is 22.0 Å². The number of nitriles is 1. The zero-order valence-corrected chi connectivity index (χ0v) is 9.59. The molecule has 0 saturated carbocycles. The highest BCUT2D eigenvalue weighted by atomic mass is 14.7. The minimum atomic E-state index is 0.597. The molecule has 2 nitrogen and oxygen atoms in total. The quantitative estimate of drug-likeness (QED) is 0.639. The average molecular weight is 229 g/mol. The molecular weight excluding hydrogens is 220 g/mol. The van der Waals surface area contributed by atoms with Crippen LogP contribution in [0, 0.1) is 17.4 Å². The van der Waals surface area contributed by atoms with Crippen molar-refractivity contribution in [1.29, 1.82) is 5.26 Å². The maximum atomic E-state index is 9.10. The zero-order valence-electron chi connectivity index (χ0n) is 9.59. The van der Waals surface area contributed by atoms with Gasteiger partial charge in [-0.15, -0.1) is 0 Å². The lowest BCUT2D eigenvalue weighted by atomic mass is 10.0. The molecule has 0 bridgehead atoms. The van der Waals surface area contributed by atoms with Crippen LogP contribution in [0.1, 0.15) is 5.56 Å². The Balaban J connectivity index is 2.23. The van der Waals surface area contributed by atoms with Crippen LogP contribution in [-0.2, 0) is 0 Å². The van der Waals surface area contributed by atoms with E-state index >= 15 is 0 Å². The van der Waals surface area contributed by atoms with Gasteiger partial charge in [0.2, 0.25) is 0 Å². The summed E-state index contributed by atoms with van der Waals surface area (Å²) in [5.74, 6) is 0. The van der Waals surface area contributed by atoms with Gasteiger partial charge in [0.05, 0.1) is 11.3 Å².